The summed E-state index contributed by atoms with van der Waals surface area (Å²) in [5.41, 5.74) is 4.23. The van der Waals surface area contributed by atoms with Crippen LogP contribution in [-0.4, -0.2) is 55.4 Å². The number of hydrogen-bond acceptors (Lipinski definition) is 4. The molecule has 0 spiro atoms. The molecule has 0 bridgehead atoms. The summed E-state index contributed by atoms with van der Waals surface area (Å²) in [4.78, 5) is 14.8. The van der Waals surface area contributed by atoms with Gasteiger partial charge in [-0.2, -0.15) is 0 Å². The monoisotopic (exact) mass is 328 g/mol. The number of nitrogens with zero attached hydrogens (tertiary/aromatic N) is 1. The Kier molecular flexibility index (Phi) is 5.67. The van der Waals surface area contributed by atoms with Crippen molar-refractivity contribution in [3.63, 3.8) is 0 Å². The number of ether oxygens (including phenoxy) is 1. The van der Waals surface area contributed by atoms with E-state index in [-0.39, 0.29) is 19.1 Å². The third kappa shape index (κ3) is 3.86. The van der Waals surface area contributed by atoms with Crippen molar-refractivity contribution in [1.29, 1.82) is 0 Å². The highest BCUT2D eigenvalue weighted by atomic mass is 16.5. The number of carbonyl (C=O) groups is 1. The van der Waals surface area contributed by atoms with Gasteiger partial charge in [-0.1, -0.05) is 30.3 Å². The van der Waals surface area contributed by atoms with Gasteiger partial charge in [0.1, 0.15) is 0 Å². The molecular weight excluding hydrogens is 304 g/mol. The summed E-state index contributed by atoms with van der Waals surface area (Å²) in [6.45, 7) is 3.23. The first-order valence-electron chi connectivity index (χ1n) is 8.50. The van der Waals surface area contributed by atoms with Gasteiger partial charge in [-0.15, -0.1) is 0 Å². The number of nitrogens with one attached hydrogen (secondary N) is 1. The molecule has 0 aromatic heterocycles. The van der Waals surface area contributed by atoms with Gasteiger partial charge in [0.25, 0.3) is 0 Å². The van der Waals surface area contributed by atoms with E-state index in [1.807, 2.05) is 18.2 Å². The molecule has 0 unspecified atom stereocenters. The molecule has 1 saturated heterocycles. The number of benzene rings is 1. The van der Waals surface area contributed by atoms with E-state index in [4.69, 9.17) is 9.84 Å². The average Bonchev–Trinajstić information content (AvgIpc) is 3.05. The van der Waals surface area contributed by atoms with Crippen molar-refractivity contribution in [1.82, 2.24) is 10.2 Å². The topological polar surface area (TPSA) is 61.8 Å². The Labute approximate surface area is 142 Å². The molecule has 1 heterocycles. The fourth-order valence-corrected chi connectivity index (χ4v) is 3.26. The van der Waals surface area contributed by atoms with Crippen LogP contribution in [0, 0.1) is 0 Å². The van der Waals surface area contributed by atoms with Crippen LogP contribution in [0.4, 0.5) is 0 Å². The lowest BCUT2D eigenvalue weighted by atomic mass is 10.1. The van der Waals surface area contributed by atoms with E-state index >= 15 is 0 Å². The molecule has 1 aliphatic carbocycles. The number of aliphatic hydroxyl groups excluding tert-OH is 1. The molecule has 0 atom stereocenters. The maximum Gasteiger partial charge on any atom is 0.249 e. The lowest BCUT2D eigenvalue weighted by molar-refractivity contribution is -0.117. The van der Waals surface area contributed by atoms with Crippen molar-refractivity contribution in [2.24, 2.45) is 0 Å². The second-order valence-electron chi connectivity index (χ2n) is 5.99. The molecule has 1 amide bonds. The van der Waals surface area contributed by atoms with Crippen LogP contribution in [-0.2, 0) is 9.53 Å². The normalized spacial score (nSPS) is 19.9. The minimum Gasteiger partial charge on any atom is -0.395 e. The number of allylic oxidation sites excluding steroid dienone is 1. The van der Waals surface area contributed by atoms with E-state index in [0.29, 0.717) is 13.2 Å². The highest BCUT2D eigenvalue weighted by Crippen LogP contribution is 2.35. The summed E-state index contributed by atoms with van der Waals surface area (Å²) < 4.78 is 5.46. The standard InChI is InChI=1S/C19H24N2O3/c22-11-8-20-19(23)17-7-6-16(14-15-4-2-1-3-5-15)18(17)21-9-12-24-13-10-21/h1-5,14,22H,6-13H2,(H,20,23). The van der Waals surface area contributed by atoms with Crippen LogP contribution in [0.3, 0.4) is 0 Å². The van der Waals surface area contributed by atoms with Crippen molar-refractivity contribution in [3.05, 3.63) is 52.7 Å². The smallest absolute Gasteiger partial charge is 0.249 e. The summed E-state index contributed by atoms with van der Waals surface area (Å²) in [5, 5.41) is 11.7. The Morgan fingerprint density at radius 2 is 1.96 bits per heavy atom. The van der Waals surface area contributed by atoms with Crippen LogP contribution in [0.1, 0.15) is 18.4 Å². The molecule has 0 radical (unpaired) electrons. The molecule has 1 fully saturated rings. The quantitative estimate of drug-likeness (QED) is 0.861. The van der Waals surface area contributed by atoms with Gasteiger partial charge in [0.05, 0.1) is 19.8 Å². The summed E-state index contributed by atoms with van der Waals surface area (Å²) in [6, 6.07) is 10.2. The van der Waals surface area contributed by atoms with Gasteiger partial charge in [0, 0.05) is 30.9 Å². The first kappa shape index (κ1) is 16.7. The Bertz CT molecular complexity index is 631. The molecule has 128 valence electrons. The summed E-state index contributed by atoms with van der Waals surface area (Å²) >= 11 is 0. The Morgan fingerprint density at radius 3 is 2.67 bits per heavy atom. The number of morpholine rings is 1. The van der Waals surface area contributed by atoms with Gasteiger partial charge in [0.2, 0.25) is 5.91 Å². The van der Waals surface area contributed by atoms with E-state index in [9.17, 15) is 4.79 Å². The van der Waals surface area contributed by atoms with Crippen LogP contribution < -0.4 is 5.32 Å². The number of aliphatic hydroxyl groups is 1. The highest BCUT2D eigenvalue weighted by molar-refractivity contribution is 5.96. The second kappa shape index (κ2) is 8.13. The first-order chi connectivity index (χ1) is 11.8. The molecule has 1 aromatic rings. The average molecular weight is 328 g/mol. The van der Waals surface area contributed by atoms with E-state index in [0.717, 1.165) is 42.8 Å². The van der Waals surface area contributed by atoms with Gasteiger partial charge < -0.3 is 20.1 Å². The summed E-state index contributed by atoms with van der Waals surface area (Å²) in [6.07, 6.45) is 3.78. The van der Waals surface area contributed by atoms with Crippen molar-refractivity contribution in [2.75, 3.05) is 39.5 Å². The predicted molar refractivity (Wildman–Crippen MR) is 93.2 cm³/mol. The van der Waals surface area contributed by atoms with Gasteiger partial charge in [-0.05, 0) is 30.1 Å². The molecule has 2 N–H and O–H groups in total. The SMILES string of the molecule is O=C(NCCO)C1=C(N2CCOCC2)C(=Cc2ccccc2)CC1. The van der Waals surface area contributed by atoms with Gasteiger partial charge >= 0.3 is 0 Å². The fraction of sp³-hybridized carbons (Fsp3) is 0.421. The zero-order valence-electron chi connectivity index (χ0n) is 13.8. The number of rotatable bonds is 5. The van der Waals surface area contributed by atoms with Gasteiger partial charge in [-0.25, -0.2) is 0 Å². The zero-order chi connectivity index (χ0) is 16.8. The van der Waals surface area contributed by atoms with Crippen molar-refractivity contribution in [2.45, 2.75) is 12.8 Å². The predicted octanol–water partition coefficient (Wildman–Crippen LogP) is 1.56. The van der Waals surface area contributed by atoms with Gasteiger partial charge in [0.15, 0.2) is 0 Å². The van der Waals surface area contributed by atoms with E-state index < -0.39 is 0 Å². The minimum atomic E-state index is -0.0676. The zero-order valence-corrected chi connectivity index (χ0v) is 13.8. The molecule has 5 heteroatoms. The van der Waals surface area contributed by atoms with E-state index in [2.05, 4.69) is 28.4 Å². The lowest BCUT2D eigenvalue weighted by Gasteiger charge is -2.31. The Balaban J connectivity index is 1.92. The lowest BCUT2D eigenvalue weighted by Crippen LogP contribution is -2.37. The molecule has 2 aliphatic rings. The van der Waals surface area contributed by atoms with Crippen molar-refractivity contribution < 1.29 is 14.6 Å². The van der Waals surface area contributed by atoms with E-state index in [1.165, 1.54) is 5.57 Å². The Hall–Kier alpha value is -2.11. The van der Waals surface area contributed by atoms with Crippen LogP contribution in [0.2, 0.25) is 0 Å². The molecule has 24 heavy (non-hydrogen) atoms. The largest absolute Gasteiger partial charge is 0.395 e. The Morgan fingerprint density at radius 1 is 1.21 bits per heavy atom. The summed E-state index contributed by atoms with van der Waals surface area (Å²) in [7, 11) is 0. The molecule has 1 aromatic carbocycles. The molecule has 5 nitrogen and oxygen atoms in total. The third-order valence-electron chi connectivity index (χ3n) is 4.37. The number of amides is 1. The van der Waals surface area contributed by atoms with E-state index in [1.54, 1.807) is 0 Å². The first-order valence-corrected chi connectivity index (χ1v) is 8.50. The van der Waals surface area contributed by atoms with Crippen LogP contribution >= 0.6 is 0 Å². The fourth-order valence-electron chi connectivity index (χ4n) is 3.26. The van der Waals surface area contributed by atoms with Gasteiger partial charge in [-0.3, -0.25) is 4.79 Å². The highest BCUT2D eigenvalue weighted by Gasteiger charge is 2.29. The maximum absolute atomic E-state index is 12.5. The number of hydrogen-bond donors (Lipinski definition) is 2. The molecule has 3 rings (SSSR count). The minimum absolute atomic E-state index is 0.0430. The second-order valence-corrected chi connectivity index (χ2v) is 5.99. The third-order valence-corrected chi connectivity index (χ3v) is 4.37. The van der Waals surface area contributed by atoms with Crippen LogP contribution in [0.25, 0.3) is 6.08 Å². The van der Waals surface area contributed by atoms with Crippen molar-refractivity contribution in [3.8, 4) is 0 Å². The summed E-state index contributed by atoms with van der Waals surface area (Å²) in [5.74, 6) is -0.0676. The maximum atomic E-state index is 12.5. The van der Waals surface area contributed by atoms with Crippen LogP contribution in [0.15, 0.2) is 47.2 Å². The van der Waals surface area contributed by atoms with Crippen molar-refractivity contribution >= 4 is 12.0 Å². The molecular formula is C19H24N2O3. The molecule has 0 saturated carbocycles. The molecule has 1 aliphatic heterocycles. The van der Waals surface area contributed by atoms with Crippen LogP contribution in [0.5, 0.6) is 0 Å². The number of carbonyl (C=O) groups excluding carboxylic acids is 1.